The van der Waals surface area contributed by atoms with E-state index in [9.17, 15) is 0 Å². The van der Waals surface area contributed by atoms with Crippen molar-refractivity contribution in [1.29, 1.82) is 0 Å². The molecule has 0 bridgehead atoms. The molecular formula is C27H43ClN6O2. The van der Waals surface area contributed by atoms with E-state index in [1.165, 1.54) is 37.7 Å². The van der Waals surface area contributed by atoms with Crippen LogP contribution in [0.25, 0.3) is 0 Å². The highest BCUT2D eigenvalue weighted by Gasteiger charge is 2.12. The van der Waals surface area contributed by atoms with Gasteiger partial charge < -0.3 is 30.3 Å². The first kappa shape index (κ1) is 28.6. The van der Waals surface area contributed by atoms with E-state index in [1.54, 1.807) is 20.3 Å². The topological polar surface area (TPSA) is 83.6 Å². The molecule has 1 fully saturated rings. The molecule has 3 N–H and O–H groups in total. The van der Waals surface area contributed by atoms with Crippen molar-refractivity contribution in [2.45, 2.75) is 57.7 Å². The summed E-state index contributed by atoms with van der Waals surface area (Å²) in [7, 11) is 3.37. The van der Waals surface area contributed by atoms with Gasteiger partial charge in [0.05, 0.1) is 13.2 Å². The highest BCUT2D eigenvalue weighted by molar-refractivity contribution is 6.29. The number of halogens is 1. The Morgan fingerprint density at radius 2 is 1.58 bits per heavy atom. The van der Waals surface area contributed by atoms with E-state index in [4.69, 9.17) is 21.1 Å². The number of methoxy groups -OCH3 is 2. The first-order valence-electron chi connectivity index (χ1n) is 13.2. The first-order valence-corrected chi connectivity index (χ1v) is 13.6. The van der Waals surface area contributed by atoms with Crippen LogP contribution in [0.3, 0.4) is 0 Å². The molecule has 1 aliphatic carbocycles. The molecule has 2 aromatic rings. The molecular weight excluding hydrogens is 476 g/mol. The molecule has 1 aromatic carbocycles. The van der Waals surface area contributed by atoms with Gasteiger partial charge in [-0.3, -0.25) is 0 Å². The Balaban J connectivity index is 1.40. The molecule has 3 rings (SSSR count). The minimum absolute atomic E-state index is 0.401. The van der Waals surface area contributed by atoms with Gasteiger partial charge in [0, 0.05) is 52.5 Å². The summed E-state index contributed by atoms with van der Waals surface area (Å²) in [6.07, 6.45) is 8.04. The molecule has 1 aromatic heterocycles. The van der Waals surface area contributed by atoms with Crippen LogP contribution in [0.15, 0.2) is 30.3 Å². The third kappa shape index (κ3) is 10.6. The highest BCUT2D eigenvalue weighted by atomic mass is 35.5. The van der Waals surface area contributed by atoms with E-state index in [0.29, 0.717) is 43.9 Å². The quantitative estimate of drug-likeness (QED) is 0.212. The number of ether oxygens (including phenoxy) is 2. The number of nitrogens with zero attached hydrogens (tertiary/aromatic N) is 3. The lowest BCUT2D eigenvalue weighted by molar-refractivity contribution is 0.190. The molecule has 9 heteroatoms. The zero-order valence-corrected chi connectivity index (χ0v) is 22.7. The largest absolute Gasteiger partial charge is 0.383 e. The highest BCUT2D eigenvalue weighted by Crippen LogP contribution is 2.19. The van der Waals surface area contributed by atoms with Crippen molar-refractivity contribution in [2.75, 3.05) is 63.8 Å². The maximum atomic E-state index is 6.29. The second-order valence-electron chi connectivity index (χ2n) is 9.33. The van der Waals surface area contributed by atoms with Gasteiger partial charge in [0.1, 0.15) is 11.0 Å². The summed E-state index contributed by atoms with van der Waals surface area (Å²) >= 11 is 6.29. The Hall–Kier alpha value is -1.97. The number of benzene rings is 1. The molecule has 0 saturated heterocycles. The Morgan fingerprint density at radius 3 is 2.25 bits per heavy atom. The van der Waals surface area contributed by atoms with Crippen LogP contribution in [0.2, 0.25) is 5.15 Å². The van der Waals surface area contributed by atoms with Crippen molar-refractivity contribution in [3.63, 3.8) is 0 Å². The SMILES string of the molecule is COCCN(CCOC)c1cc(Cl)nc(NCc2ccc(CNCCCNC3CCCCC3)cc2)n1. The predicted molar refractivity (Wildman–Crippen MR) is 148 cm³/mol. The smallest absolute Gasteiger partial charge is 0.226 e. The summed E-state index contributed by atoms with van der Waals surface area (Å²) < 4.78 is 10.5. The van der Waals surface area contributed by atoms with Gasteiger partial charge in [-0.2, -0.15) is 4.98 Å². The van der Waals surface area contributed by atoms with E-state index in [-0.39, 0.29) is 0 Å². The van der Waals surface area contributed by atoms with Crippen LogP contribution in [-0.2, 0) is 22.6 Å². The van der Waals surface area contributed by atoms with Crippen molar-refractivity contribution >= 4 is 23.4 Å². The molecule has 0 spiro atoms. The standard InChI is InChI=1S/C27H43ClN6O2/c1-35-17-15-34(16-18-36-2)26-19-25(28)32-27(33-26)31-21-23-11-9-22(10-12-23)20-29-13-6-14-30-24-7-4-3-5-8-24/h9-12,19,24,29-30H,3-8,13-18,20-21H2,1-2H3,(H,31,32,33). The second kappa shape index (κ2) is 16.7. The molecule has 36 heavy (non-hydrogen) atoms. The van der Waals surface area contributed by atoms with Gasteiger partial charge in [-0.15, -0.1) is 0 Å². The van der Waals surface area contributed by atoms with Crippen LogP contribution in [0.1, 0.15) is 49.7 Å². The van der Waals surface area contributed by atoms with Gasteiger partial charge in [-0.05, 0) is 43.5 Å². The Kier molecular flexibility index (Phi) is 13.3. The van der Waals surface area contributed by atoms with E-state index < -0.39 is 0 Å². The molecule has 8 nitrogen and oxygen atoms in total. The fourth-order valence-corrected chi connectivity index (χ4v) is 4.58. The van der Waals surface area contributed by atoms with Gasteiger partial charge in [0.25, 0.3) is 0 Å². The lowest BCUT2D eigenvalue weighted by Gasteiger charge is -2.23. The molecule has 0 aliphatic heterocycles. The fraction of sp³-hybridized carbons (Fsp3) is 0.630. The minimum Gasteiger partial charge on any atom is -0.383 e. The third-order valence-corrected chi connectivity index (χ3v) is 6.70. The number of nitrogens with one attached hydrogen (secondary N) is 3. The number of aromatic nitrogens is 2. The van der Waals surface area contributed by atoms with E-state index >= 15 is 0 Å². The average Bonchev–Trinajstić information content (AvgIpc) is 2.90. The Labute approximate surface area is 221 Å². The summed E-state index contributed by atoms with van der Waals surface area (Å²) in [5.41, 5.74) is 2.45. The van der Waals surface area contributed by atoms with Crippen molar-refractivity contribution in [3.05, 3.63) is 46.6 Å². The summed E-state index contributed by atoms with van der Waals surface area (Å²) in [6.45, 7) is 6.21. The molecule has 1 saturated carbocycles. The number of hydrogen-bond donors (Lipinski definition) is 3. The zero-order valence-electron chi connectivity index (χ0n) is 21.9. The van der Waals surface area contributed by atoms with Crippen LogP contribution < -0.4 is 20.9 Å². The van der Waals surface area contributed by atoms with E-state index in [1.807, 2.05) is 0 Å². The average molecular weight is 519 g/mol. The Morgan fingerprint density at radius 1 is 0.917 bits per heavy atom. The van der Waals surface area contributed by atoms with Crippen LogP contribution in [0, 0.1) is 0 Å². The zero-order chi connectivity index (χ0) is 25.4. The van der Waals surface area contributed by atoms with Crippen molar-refractivity contribution in [1.82, 2.24) is 20.6 Å². The minimum atomic E-state index is 0.401. The molecule has 0 atom stereocenters. The van der Waals surface area contributed by atoms with E-state index in [2.05, 4.69) is 55.1 Å². The summed E-state index contributed by atoms with van der Waals surface area (Å²) in [5.74, 6) is 1.26. The monoisotopic (exact) mass is 518 g/mol. The van der Waals surface area contributed by atoms with Crippen molar-refractivity contribution in [3.8, 4) is 0 Å². The third-order valence-electron chi connectivity index (χ3n) is 6.51. The lowest BCUT2D eigenvalue weighted by atomic mass is 9.95. The molecule has 0 radical (unpaired) electrons. The first-order chi connectivity index (χ1) is 17.7. The predicted octanol–water partition coefficient (Wildman–Crippen LogP) is 4.24. The van der Waals surface area contributed by atoms with Gasteiger partial charge >= 0.3 is 0 Å². The van der Waals surface area contributed by atoms with Gasteiger partial charge in [-0.25, -0.2) is 4.98 Å². The normalized spacial score (nSPS) is 14.2. The lowest BCUT2D eigenvalue weighted by Crippen LogP contribution is -2.33. The van der Waals surface area contributed by atoms with Crippen molar-refractivity contribution < 1.29 is 9.47 Å². The van der Waals surface area contributed by atoms with Crippen molar-refractivity contribution in [2.24, 2.45) is 0 Å². The maximum Gasteiger partial charge on any atom is 0.226 e. The summed E-state index contributed by atoms with van der Waals surface area (Å²) in [6, 6.07) is 11.1. The fourth-order valence-electron chi connectivity index (χ4n) is 4.41. The Bertz CT molecular complexity index is 856. The summed E-state index contributed by atoms with van der Waals surface area (Å²) in [5, 5.41) is 11.0. The maximum absolute atomic E-state index is 6.29. The molecule has 1 aliphatic rings. The van der Waals surface area contributed by atoms with Crippen LogP contribution >= 0.6 is 11.6 Å². The summed E-state index contributed by atoms with van der Waals surface area (Å²) in [4.78, 5) is 11.1. The van der Waals surface area contributed by atoms with Gasteiger partial charge in [0.15, 0.2) is 0 Å². The van der Waals surface area contributed by atoms with Crippen LogP contribution in [0.4, 0.5) is 11.8 Å². The van der Waals surface area contributed by atoms with Crippen LogP contribution in [-0.4, -0.2) is 69.6 Å². The van der Waals surface area contributed by atoms with Gasteiger partial charge in [-0.1, -0.05) is 55.1 Å². The van der Waals surface area contributed by atoms with Gasteiger partial charge in [0.2, 0.25) is 5.95 Å². The number of hydrogen-bond acceptors (Lipinski definition) is 8. The second-order valence-corrected chi connectivity index (χ2v) is 9.72. The molecule has 200 valence electrons. The molecule has 0 amide bonds. The molecule has 0 unspecified atom stereocenters. The number of rotatable bonds is 17. The van der Waals surface area contributed by atoms with E-state index in [0.717, 1.165) is 43.5 Å². The van der Waals surface area contributed by atoms with Crippen LogP contribution in [0.5, 0.6) is 0 Å². The number of anilines is 2. The molecule has 1 heterocycles.